The van der Waals surface area contributed by atoms with Gasteiger partial charge in [0, 0.05) is 31.7 Å². The molecule has 0 saturated carbocycles. The Balaban J connectivity index is 1.83. The van der Waals surface area contributed by atoms with Crippen LogP contribution in [0.2, 0.25) is 0 Å². The Morgan fingerprint density at radius 1 is 1.26 bits per heavy atom. The molecule has 1 aromatic carbocycles. The third-order valence-electron chi connectivity index (χ3n) is 6.20. The van der Waals surface area contributed by atoms with Gasteiger partial charge in [-0.15, -0.1) is 0 Å². The van der Waals surface area contributed by atoms with Gasteiger partial charge < -0.3 is 19.5 Å². The van der Waals surface area contributed by atoms with Crippen molar-refractivity contribution in [3.8, 4) is 6.07 Å². The summed E-state index contributed by atoms with van der Waals surface area (Å²) in [7, 11) is 1.60. The number of alkyl halides is 3. The summed E-state index contributed by atoms with van der Waals surface area (Å²) in [5, 5.41) is 13.3. The average molecular weight is 471 g/mol. The summed E-state index contributed by atoms with van der Waals surface area (Å²) in [5.74, 6) is 0.378. The predicted molar refractivity (Wildman–Crippen MR) is 123 cm³/mol. The summed E-state index contributed by atoms with van der Waals surface area (Å²) >= 11 is 0. The Morgan fingerprint density at radius 2 is 1.97 bits per heavy atom. The minimum Gasteiger partial charge on any atom is -0.378 e. The molecule has 0 amide bonds. The molecule has 0 bridgehead atoms. The maximum Gasteiger partial charge on any atom is 0.416 e. The third kappa shape index (κ3) is 4.19. The van der Waals surface area contributed by atoms with E-state index in [1.807, 2.05) is 4.90 Å². The molecule has 0 spiro atoms. The van der Waals surface area contributed by atoms with Gasteiger partial charge in [0.05, 0.1) is 35.9 Å². The monoisotopic (exact) mass is 471 g/mol. The van der Waals surface area contributed by atoms with Crippen LogP contribution in [0.25, 0.3) is 10.9 Å². The lowest BCUT2D eigenvalue weighted by Gasteiger charge is -2.29. The van der Waals surface area contributed by atoms with Gasteiger partial charge in [-0.1, -0.05) is 12.1 Å². The van der Waals surface area contributed by atoms with Crippen LogP contribution in [-0.4, -0.2) is 35.9 Å². The molecular formula is C24H24F3N5O2. The van der Waals surface area contributed by atoms with E-state index in [2.05, 4.69) is 16.4 Å². The minimum atomic E-state index is -4.45. The fourth-order valence-electron chi connectivity index (χ4n) is 4.43. The number of nitrogens with zero attached hydrogens (tertiary/aromatic N) is 4. The molecule has 0 unspecified atom stereocenters. The van der Waals surface area contributed by atoms with Crippen LogP contribution in [0.4, 0.5) is 24.7 Å². The van der Waals surface area contributed by atoms with Crippen molar-refractivity contribution in [2.45, 2.75) is 26.1 Å². The van der Waals surface area contributed by atoms with Gasteiger partial charge in [-0.05, 0) is 37.1 Å². The molecule has 1 atom stereocenters. The van der Waals surface area contributed by atoms with Crippen LogP contribution in [0.5, 0.6) is 0 Å². The van der Waals surface area contributed by atoms with E-state index in [-0.39, 0.29) is 16.7 Å². The van der Waals surface area contributed by atoms with Crippen LogP contribution in [-0.2, 0) is 18.0 Å². The van der Waals surface area contributed by atoms with E-state index in [0.717, 1.165) is 6.07 Å². The van der Waals surface area contributed by atoms with Crippen molar-refractivity contribution in [2.75, 3.05) is 36.5 Å². The largest absolute Gasteiger partial charge is 0.416 e. The summed E-state index contributed by atoms with van der Waals surface area (Å²) in [4.78, 5) is 19.4. The molecule has 3 aromatic rings. The van der Waals surface area contributed by atoms with Crippen molar-refractivity contribution in [2.24, 2.45) is 7.05 Å². The number of morpholine rings is 1. The van der Waals surface area contributed by atoms with E-state index < -0.39 is 17.8 Å². The Hall–Kier alpha value is -3.58. The van der Waals surface area contributed by atoms with Gasteiger partial charge in [-0.25, -0.2) is 4.98 Å². The molecule has 10 heteroatoms. The van der Waals surface area contributed by atoms with Crippen molar-refractivity contribution in [1.29, 1.82) is 5.26 Å². The Kier molecular flexibility index (Phi) is 6.23. The molecular weight excluding hydrogens is 447 g/mol. The Labute approximate surface area is 194 Å². The fourth-order valence-corrected chi connectivity index (χ4v) is 4.43. The van der Waals surface area contributed by atoms with Gasteiger partial charge in [0.15, 0.2) is 0 Å². The smallest absolute Gasteiger partial charge is 0.378 e. The number of nitrogens with one attached hydrogen (secondary N) is 1. The quantitative estimate of drug-likeness (QED) is 0.616. The molecule has 4 rings (SSSR count). The van der Waals surface area contributed by atoms with Crippen LogP contribution >= 0.6 is 0 Å². The van der Waals surface area contributed by atoms with E-state index in [1.165, 1.54) is 23.8 Å². The van der Waals surface area contributed by atoms with Gasteiger partial charge in [-0.2, -0.15) is 18.4 Å². The van der Waals surface area contributed by atoms with Crippen molar-refractivity contribution in [1.82, 2.24) is 9.55 Å². The van der Waals surface area contributed by atoms with Crippen LogP contribution < -0.4 is 15.8 Å². The molecule has 1 saturated heterocycles. The van der Waals surface area contributed by atoms with Gasteiger partial charge in [0.1, 0.15) is 17.6 Å². The third-order valence-corrected chi connectivity index (χ3v) is 6.20. The van der Waals surface area contributed by atoms with E-state index in [4.69, 9.17) is 4.74 Å². The van der Waals surface area contributed by atoms with Crippen LogP contribution in [0.3, 0.4) is 0 Å². The molecule has 3 heterocycles. The Bertz CT molecular complexity index is 1340. The number of hydrogen-bond acceptors (Lipinski definition) is 6. The lowest BCUT2D eigenvalue weighted by Crippen LogP contribution is -2.40. The van der Waals surface area contributed by atoms with Gasteiger partial charge in [0.25, 0.3) is 5.56 Å². The zero-order chi connectivity index (χ0) is 24.6. The highest BCUT2D eigenvalue weighted by Crippen LogP contribution is 2.36. The minimum absolute atomic E-state index is 0.134. The highest BCUT2D eigenvalue weighted by Gasteiger charge is 2.33. The summed E-state index contributed by atoms with van der Waals surface area (Å²) in [5.41, 5.74) is 0.785. The SMILES string of the molecule is Cc1c([C@@H](C)Nc2ncc(C#N)c3c2cc(N2CCOCC2)c(=O)n3C)cccc1C(F)(F)F. The number of anilines is 2. The second-order valence-electron chi connectivity index (χ2n) is 8.27. The zero-order valence-corrected chi connectivity index (χ0v) is 19.0. The summed E-state index contributed by atoms with van der Waals surface area (Å²) in [6, 6.07) is 7.34. The molecule has 178 valence electrons. The topological polar surface area (TPSA) is 83.2 Å². The van der Waals surface area contributed by atoms with Gasteiger partial charge in [0.2, 0.25) is 0 Å². The fraction of sp³-hybridized carbons (Fsp3) is 0.375. The maximum absolute atomic E-state index is 13.4. The Morgan fingerprint density at radius 3 is 2.62 bits per heavy atom. The first-order valence-corrected chi connectivity index (χ1v) is 10.8. The number of aromatic nitrogens is 2. The molecule has 34 heavy (non-hydrogen) atoms. The first-order chi connectivity index (χ1) is 16.1. The first-order valence-electron chi connectivity index (χ1n) is 10.8. The van der Waals surface area contributed by atoms with Crippen molar-refractivity contribution < 1.29 is 17.9 Å². The number of rotatable bonds is 4. The van der Waals surface area contributed by atoms with E-state index >= 15 is 0 Å². The zero-order valence-electron chi connectivity index (χ0n) is 19.0. The van der Waals surface area contributed by atoms with E-state index in [1.54, 1.807) is 26.1 Å². The average Bonchev–Trinajstić information content (AvgIpc) is 2.81. The molecule has 1 fully saturated rings. The number of aryl methyl sites for hydroxylation is 1. The number of nitriles is 1. The van der Waals surface area contributed by atoms with E-state index in [0.29, 0.717) is 54.3 Å². The molecule has 1 N–H and O–H groups in total. The molecule has 1 aliphatic rings. The van der Waals surface area contributed by atoms with Gasteiger partial charge >= 0.3 is 6.18 Å². The number of hydrogen-bond donors (Lipinski definition) is 1. The standard InChI is InChI=1S/C24H24F3N5O2/c1-14-17(5-4-6-19(14)24(25,26)27)15(2)30-22-18-11-20(32-7-9-34-10-8-32)23(33)31(3)21(18)16(12-28)13-29-22/h4-6,11,13,15H,7-10H2,1-3H3,(H,29,30)/t15-/m1/s1. The number of ether oxygens (including phenoxy) is 1. The number of benzene rings is 1. The number of halogens is 3. The number of pyridine rings is 2. The summed E-state index contributed by atoms with van der Waals surface area (Å²) in [6.07, 6.45) is -3.09. The van der Waals surface area contributed by atoms with E-state index in [9.17, 15) is 23.2 Å². The number of fused-ring (bicyclic) bond motifs is 1. The van der Waals surface area contributed by atoms with Crippen LogP contribution in [0, 0.1) is 18.3 Å². The molecule has 0 radical (unpaired) electrons. The highest BCUT2D eigenvalue weighted by atomic mass is 19.4. The maximum atomic E-state index is 13.4. The molecule has 1 aliphatic heterocycles. The lowest BCUT2D eigenvalue weighted by molar-refractivity contribution is -0.138. The first kappa shape index (κ1) is 23.6. The summed E-state index contributed by atoms with van der Waals surface area (Å²) in [6.45, 7) is 5.28. The highest BCUT2D eigenvalue weighted by molar-refractivity contribution is 5.95. The van der Waals surface area contributed by atoms with Crippen LogP contribution in [0.15, 0.2) is 35.3 Å². The lowest BCUT2D eigenvalue weighted by atomic mass is 9.97. The molecule has 0 aliphatic carbocycles. The van der Waals surface area contributed by atoms with Gasteiger partial charge in [-0.3, -0.25) is 4.79 Å². The second-order valence-corrected chi connectivity index (χ2v) is 8.27. The molecule has 7 nitrogen and oxygen atoms in total. The molecule has 2 aromatic heterocycles. The van der Waals surface area contributed by atoms with Crippen molar-refractivity contribution in [3.05, 3.63) is 63.1 Å². The van der Waals surface area contributed by atoms with Crippen molar-refractivity contribution >= 4 is 22.4 Å². The van der Waals surface area contributed by atoms with Crippen molar-refractivity contribution in [3.63, 3.8) is 0 Å². The van der Waals surface area contributed by atoms with Crippen LogP contribution in [0.1, 0.15) is 35.2 Å². The normalized spacial score (nSPS) is 15.3. The second kappa shape index (κ2) is 8.99. The summed E-state index contributed by atoms with van der Waals surface area (Å²) < 4.78 is 47.0. The predicted octanol–water partition coefficient (Wildman–Crippen LogP) is 4.14.